The third-order valence-corrected chi connectivity index (χ3v) is 4.41. The van der Waals surface area contributed by atoms with Crippen LogP contribution in [0.4, 0.5) is 0 Å². The molecule has 0 amide bonds. The van der Waals surface area contributed by atoms with Gasteiger partial charge in [0.2, 0.25) is 0 Å². The number of nitrogens with zero attached hydrogens (tertiary/aromatic N) is 4. The molecule has 130 valence electrons. The number of aryl methyl sites for hydroxylation is 3. The van der Waals surface area contributed by atoms with E-state index in [1.54, 1.807) is 23.1 Å². The van der Waals surface area contributed by atoms with Gasteiger partial charge in [0, 0.05) is 20.1 Å². The molecule has 0 saturated carbocycles. The van der Waals surface area contributed by atoms with E-state index in [1.807, 2.05) is 50.3 Å². The molecule has 25 heavy (non-hydrogen) atoms. The Morgan fingerprint density at radius 3 is 2.24 bits per heavy atom. The van der Waals surface area contributed by atoms with E-state index in [4.69, 9.17) is 0 Å². The lowest BCUT2D eigenvalue weighted by molar-refractivity contribution is 0.604. The highest BCUT2D eigenvalue weighted by atomic mass is 16.2. The summed E-state index contributed by atoms with van der Waals surface area (Å²) in [5, 5.41) is 0. The van der Waals surface area contributed by atoms with Gasteiger partial charge in [-0.3, -0.25) is 13.9 Å². The first-order chi connectivity index (χ1) is 12.0. The first kappa shape index (κ1) is 17.0. The highest BCUT2D eigenvalue weighted by Crippen LogP contribution is 2.13. The summed E-state index contributed by atoms with van der Waals surface area (Å²) >= 11 is 0. The molecule has 0 saturated heterocycles. The van der Waals surface area contributed by atoms with Gasteiger partial charge in [-0.05, 0) is 32.4 Å². The first-order valence-electron chi connectivity index (χ1n) is 8.42. The lowest BCUT2D eigenvalue weighted by atomic mass is 10.1. The summed E-state index contributed by atoms with van der Waals surface area (Å²) in [5.74, 6) is 0.642. The van der Waals surface area contributed by atoms with Crippen LogP contribution >= 0.6 is 0 Å². The average Bonchev–Trinajstić information content (AvgIpc) is 2.92. The van der Waals surface area contributed by atoms with E-state index < -0.39 is 0 Å². The van der Waals surface area contributed by atoms with E-state index in [1.165, 1.54) is 10.1 Å². The van der Waals surface area contributed by atoms with Crippen molar-refractivity contribution < 1.29 is 0 Å². The smallest absolute Gasteiger partial charge is 0.322 e. The molecule has 0 aliphatic heterocycles. The Morgan fingerprint density at radius 1 is 1.00 bits per heavy atom. The van der Waals surface area contributed by atoms with Gasteiger partial charge in [-0.25, -0.2) is 9.78 Å². The maximum Gasteiger partial charge on any atom is 0.332 e. The van der Waals surface area contributed by atoms with Crippen LogP contribution in [0.2, 0.25) is 0 Å². The SMILES string of the molecule is CCn1c(=O)c2c(nc(C=Cc3ccc(C)cc3)n2C)n(CC)c1=O. The normalized spacial score (nSPS) is 11.7. The second kappa shape index (κ2) is 6.55. The van der Waals surface area contributed by atoms with Crippen molar-refractivity contribution in [3.63, 3.8) is 0 Å². The zero-order valence-corrected chi connectivity index (χ0v) is 15.0. The number of aromatic nitrogens is 4. The van der Waals surface area contributed by atoms with Gasteiger partial charge in [-0.15, -0.1) is 0 Å². The lowest BCUT2D eigenvalue weighted by Crippen LogP contribution is -2.39. The summed E-state index contributed by atoms with van der Waals surface area (Å²) in [5.41, 5.74) is 2.54. The molecule has 0 aliphatic rings. The summed E-state index contributed by atoms with van der Waals surface area (Å²) < 4.78 is 4.55. The van der Waals surface area contributed by atoms with Crippen LogP contribution in [0.3, 0.4) is 0 Å². The Kier molecular flexibility index (Phi) is 4.44. The molecule has 3 aromatic rings. The fourth-order valence-corrected chi connectivity index (χ4v) is 2.94. The van der Waals surface area contributed by atoms with Gasteiger partial charge in [0.15, 0.2) is 11.2 Å². The van der Waals surface area contributed by atoms with Crippen molar-refractivity contribution in [3.05, 3.63) is 62.1 Å². The second-order valence-corrected chi connectivity index (χ2v) is 6.02. The standard InChI is InChI=1S/C19H22N4O2/c1-5-22-17-16(18(24)23(6-2)19(22)25)21(4)15(20-17)12-11-14-9-7-13(3)8-10-14/h7-12H,5-6H2,1-4H3. The molecule has 0 N–H and O–H groups in total. The number of hydrogen-bond donors (Lipinski definition) is 0. The molecule has 0 radical (unpaired) electrons. The zero-order chi connectivity index (χ0) is 18.1. The van der Waals surface area contributed by atoms with Crippen molar-refractivity contribution in [2.24, 2.45) is 7.05 Å². The van der Waals surface area contributed by atoms with Crippen LogP contribution in [0, 0.1) is 6.92 Å². The number of fused-ring (bicyclic) bond motifs is 1. The highest BCUT2D eigenvalue weighted by Gasteiger charge is 2.17. The first-order valence-corrected chi connectivity index (χ1v) is 8.42. The van der Waals surface area contributed by atoms with Crippen molar-refractivity contribution in [3.8, 4) is 0 Å². The Bertz CT molecular complexity index is 1070. The number of imidazole rings is 1. The van der Waals surface area contributed by atoms with Gasteiger partial charge in [0.05, 0.1) is 0 Å². The van der Waals surface area contributed by atoms with Crippen molar-refractivity contribution in [1.29, 1.82) is 0 Å². The van der Waals surface area contributed by atoms with E-state index in [0.717, 1.165) is 5.56 Å². The van der Waals surface area contributed by atoms with Crippen molar-refractivity contribution in [1.82, 2.24) is 18.7 Å². The lowest BCUT2D eigenvalue weighted by Gasteiger charge is -2.08. The van der Waals surface area contributed by atoms with E-state index in [9.17, 15) is 9.59 Å². The Balaban J connectivity index is 2.20. The third-order valence-electron chi connectivity index (χ3n) is 4.41. The second-order valence-electron chi connectivity index (χ2n) is 6.02. The van der Waals surface area contributed by atoms with E-state index in [-0.39, 0.29) is 11.2 Å². The fourth-order valence-electron chi connectivity index (χ4n) is 2.94. The van der Waals surface area contributed by atoms with Crippen molar-refractivity contribution in [2.75, 3.05) is 0 Å². The Morgan fingerprint density at radius 2 is 1.64 bits per heavy atom. The van der Waals surface area contributed by atoms with Gasteiger partial charge in [-0.1, -0.05) is 35.9 Å². The summed E-state index contributed by atoms with van der Waals surface area (Å²) in [6.45, 7) is 6.52. The van der Waals surface area contributed by atoms with Crippen LogP contribution in [-0.2, 0) is 20.1 Å². The zero-order valence-electron chi connectivity index (χ0n) is 15.0. The molecule has 0 aliphatic carbocycles. The quantitative estimate of drug-likeness (QED) is 0.734. The summed E-state index contributed by atoms with van der Waals surface area (Å²) in [6.07, 6.45) is 3.82. The fraction of sp³-hybridized carbons (Fsp3) is 0.316. The van der Waals surface area contributed by atoms with Gasteiger partial charge in [0.25, 0.3) is 5.56 Å². The Hall–Kier alpha value is -2.89. The van der Waals surface area contributed by atoms with Crippen LogP contribution in [-0.4, -0.2) is 18.7 Å². The monoisotopic (exact) mass is 338 g/mol. The van der Waals surface area contributed by atoms with Gasteiger partial charge in [-0.2, -0.15) is 0 Å². The number of hydrogen-bond acceptors (Lipinski definition) is 3. The molecule has 0 fully saturated rings. The molecule has 0 unspecified atom stereocenters. The number of rotatable bonds is 4. The molecule has 0 bridgehead atoms. The molecule has 6 heteroatoms. The minimum atomic E-state index is -0.310. The molecular weight excluding hydrogens is 316 g/mol. The molecule has 0 atom stereocenters. The molecule has 1 aromatic carbocycles. The topological polar surface area (TPSA) is 61.8 Å². The summed E-state index contributed by atoms with van der Waals surface area (Å²) in [6, 6.07) is 8.15. The van der Waals surface area contributed by atoms with Crippen molar-refractivity contribution in [2.45, 2.75) is 33.9 Å². The molecule has 3 rings (SSSR count). The van der Waals surface area contributed by atoms with E-state index in [2.05, 4.69) is 4.98 Å². The van der Waals surface area contributed by atoms with Gasteiger partial charge < -0.3 is 4.57 Å². The van der Waals surface area contributed by atoms with Gasteiger partial charge in [0.1, 0.15) is 5.82 Å². The molecule has 2 heterocycles. The van der Waals surface area contributed by atoms with Crippen LogP contribution in [0.1, 0.15) is 30.8 Å². The third kappa shape index (κ3) is 2.84. The van der Waals surface area contributed by atoms with Crippen molar-refractivity contribution >= 4 is 23.3 Å². The number of benzene rings is 1. The van der Waals surface area contributed by atoms with Crippen LogP contribution < -0.4 is 11.2 Å². The summed E-state index contributed by atoms with van der Waals surface area (Å²) in [7, 11) is 1.80. The molecule has 2 aromatic heterocycles. The molecular formula is C19H22N4O2. The Labute approximate surface area is 145 Å². The maximum absolute atomic E-state index is 12.7. The highest BCUT2D eigenvalue weighted by molar-refractivity contribution is 5.76. The van der Waals surface area contributed by atoms with Crippen LogP contribution in [0.5, 0.6) is 0 Å². The minimum absolute atomic E-state index is 0.294. The molecule has 6 nitrogen and oxygen atoms in total. The van der Waals surface area contributed by atoms with Crippen LogP contribution in [0.15, 0.2) is 33.9 Å². The average molecular weight is 338 g/mol. The van der Waals surface area contributed by atoms with Gasteiger partial charge >= 0.3 is 5.69 Å². The van der Waals surface area contributed by atoms with E-state index >= 15 is 0 Å². The summed E-state index contributed by atoms with van der Waals surface area (Å²) in [4.78, 5) is 29.7. The predicted octanol–water partition coefficient (Wildman–Crippen LogP) is 2.42. The van der Waals surface area contributed by atoms with Crippen LogP contribution in [0.25, 0.3) is 23.3 Å². The predicted molar refractivity (Wildman–Crippen MR) is 101 cm³/mol. The minimum Gasteiger partial charge on any atom is -0.322 e. The van der Waals surface area contributed by atoms with E-state index in [0.29, 0.717) is 30.1 Å². The largest absolute Gasteiger partial charge is 0.332 e. The molecule has 0 spiro atoms. The maximum atomic E-state index is 12.7.